The van der Waals surface area contributed by atoms with Crippen LogP contribution in [0.1, 0.15) is 18.1 Å². The van der Waals surface area contributed by atoms with Crippen LogP contribution in [-0.2, 0) is 0 Å². The summed E-state index contributed by atoms with van der Waals surface area (Å²) in [6, 6.07) is 2.43. The minimum Gasteiger partial charge on any atom is -0.388 e. The molecule has 0 saturated heterocycles. The van der Waals surface area contributed by atoms with Crippen LogP contribution in [0.4, 0.5) is 8.78 Å². The number of hydrogen-bond donors (Lipinski definition) is 1. The molecule has 1 atom stereocenters. The van der Waals surface area contributed by atoms with Gasteiger partial charge in [0.25, 0.3) is 0 Å². The van der Waals surface area contributed by atoms with Crippen molar-refractivity contribution >= 4 is 27.7 Å². The first-order valence-electron chi connectivity index (χ1n) is 4.38. The Bertz CT molecular complexity index is 346. The largest absolute Gasteiger partial charge is 0.388 e. The molecule has 84 valence electrons. The molecule has 0 aliphatic heterocycles. The molecule has 15 heavy (non-hydrogen) atoms. The molecule has 1 N–H and O–H groups in total. The van der Waals surface area contributed by atoms with Crippen molar-refractivity contribution in [2.45, 2.75) is 12.5 Å². The number of rotatable bonds is 4. The predicted octanol–water partition coefficient (Wildman–Crippen LogP) is 3.51. The van der Waals surface area contributed by atoms with Gasteiger partial charge in [-0.2, -0.15) is 11.8 Å². The summed E-state index contributed by atoms with van der Waals surface area (Å²) >= 11 is 4.48. The summed E-state index contributed by atoms with van der Waals surface area (Å²) in [7, 11) is 0. The highest BCUT2D eigenvalue weighted by molar-refractivity contribution is 9.10. The van der Waals surface area contributed by atoms with E-state index in [1.165, 1.54) is 17.8 Å². The van der Waals surface area contributed by atoms with E-state index in [4.69, 9.17) is 0 Å². The van der Waals surface area contributed by atoms with E-state index in [-0.39, 0.29) is 10.0 Å². The molecule has 0 bridgehead atoms. The fraction of sp³-hybridized carbons (Fsp3) is 0.400. The molecule has 0 aliphatic rings. The molecule has 0 aromatic heterocycles. The van der Waals surface area contributed by atoms with Crippen LogP contribution in [0.5, 0.6) is 0 Å². The van der Waals surface area contributed by atoms with Crippen LogP contribution < -0.4 is 0 Å². The summed E-state index contributed by atoms with van der Waals surface area (Å²) in [5, 5.41) is 9.62. The maximum Gasteiger partial charge on any atom is 0.146 e. The van der Waals surface area contributed by atoms with E-state index in [1.54, 1.807) is 0 Å². The van der Waals surface area contributed by atoms with Crippen LogP contribution in [0.25, 0.3) is 0 Å². The highest BCUT2D eigenvalue weighted by atomic mass is 79.9. The Morgan fingerprint density at radius 1 is 1.47 bits per heavy atom. The SMILES string of the molecule is CSCCC(O)c1c(F)ccc(Br)c1F. The van der Waals surface area contributed by atoms with Crippen LogP contribution in [-0.4, -0.2) is 17.1 Å². The maximum absolute atomic E-state index is 13.5. The topological polar surface area (TPSA) is 20.2 Å². The minimum absolute atomic E-state index is 0.169. The van der Waals surface area contributed by atoms with Crippen molar-refractivity contribution in [2.75, 3.05) is 12.0 Å². The summed E-state index contributed by atoms with van der Waals surface area (Å²) in [6.45, 7) is 0. The monoisotopic (exact) mass is 296 g/mol. The number of hydrogen-bond acceptors (Lipinski definition) is 2. The molecule has 1 rings (SSSR count). The zero-order valence-electron chi connectivity index (χ0n) is 8.14. The summed E-state index contributed by atoms with van der Waals surface area (Å²) in [4.78, 5) is 0. The highest BCUT2D eigenvalue weighted by Crippen LogP contribution is 2.28. The van der Waals surface area contributed by atoms with Gasteiger partial charge in [-0.1, -0.05) is 0 Å². The van der Waals surface area contributed by atoms with Gasteiger partial charge >= 0.3 is 0 Å². The summed E-state index contributed by atoms with van der Waals surface area (Å²) < 4.78 is 26.9. The lowest BCUT2D eigenvalue weighted by atomic mass is 10.1. The van der Waals surface area contributed by atoms with E-state index >= 15 is 0 Å². The molecular weight excluding hydrogens is 286 g/mol. The van der Waals surface area contributed by atoms with Gasteiger partial charge in [-0.25, -0.2) is 8.78 Å². The van der Waals surface area contributed by atoms with E-state index in [1.807, 2.05) is 6.26 Å². The van der Waals surface area contributed by atoms with Crippen molar-refractivity contribution < 1.29 is 13.9 Å². The molecule has 1 aromatic rings. The van der Waals surface area contributed by atoms with Gasteiger partial charge in [0.15, 0.2) is 0 Å². The lowest BCUT2D eigenvalue weighted by molar-refractivity contribution is 0.165. The Kier molecular flexibility index (Phi) is 5.02. The average molecular weight is 297 g/mol. The van der Waals surface area contributed by atoms with Crippen LogP contribution in [0.15, 0.2) is 16.6 Å². The maximum atomic E-state index is 13.5. The van der Waals surface area contributed by atoms with E-state index in [2.05, 4.69) is 15.9 Å². The van der Waals surface area contributed by atoms with Gasteiger partial charge in [-0.05, 0) is 46.5 Å². The summed E-state index contributed by atoms with van der Waals surface area (Å²) in [5.41, 5.74) is -0.251. The minimum atomic E-state index is -1.09. The molecule has 5 heteroatoms. The fourth-order valence-electron chi connectivity index (χ4n) is 1.22. The van der Waals surface area contributed by atoms with Gasteiger partial charge in [0, 0.05) is 0 Å². The van der Waals surface area contributed by atoms with Crippen LogP contribution in [0.3, 0.4) is 0 Å². The van der Waals surface area contributed by atoms with Crippen LogP contribution in [0, 0.1) is 11.6 Å². The number of aliphatic hydroxyl groups excluding tert-OH is 1. The van der Waals surface area contributed by atoms with E-state index in [9.17, 15) is 13.9 Å². The number of halogens is 3. The molecule has 0 heterocycles. The normalized spacial score (nSPS) is 12.9. The Morgan fingerprint density at radius 3 is 2.73 bits per heavy atom. The molecule has 1 aromatic carbocycles. The highest BCUT2D eigenvalue weighted by Gasteiger charge is 2.19. The number of thioether (sulfide) groups is 1. The molecule has 0 fully saturated rings. The Labute approximate surface area is 100 Å². The Balaban J connectivity index is 2.96. The van der Waals surface area contributed by atoms with Crippen molar-refractivity contribution in [1.82, 2.24) is 0 Å². The first kappa shape index (κ1) is 12.9. The smallest absolute Gasteiger partial charge is 0.146 e. The third kappa shape index (κ3) is 3.16. The molecule has 1 nitrogen and oxygen atoms in total. The molecular formula is C10H11BrF2OS. The fourth-order valence-corrected chi connectivity index (χ4v) is 2.03. The summed E-state index contributed by atoms with van der Waals surface area (Å²) in [5.74, 6) is -0.764. The third-order valence-electron chi connectivity index (χ3n) is 2.01. The first-order valence-corrected chi connectivity index (χ1v) is 6.57. The zero-order valence-corrected chi connectivity index (χ0v) is 10.5. The first-order chi connectivity index (χ1) is 7.07. The van der Waals surface area contributed by atoms with Crippen molar-refractivity contribution in [3.63, 3.8) is 0 Å². The van der Waals surface area contributed by atoms with Gasteiger partial charge < -0.3 is 5.11 Å². The quantitative estimate of drug-likeness (QED) is 0.858. The lowest BCUT2D eigenvalue weighted by Gasteiger charge is -2.12. The molecule has 0 amide bonds. The standard InChI is InChI=1S/C10H11BrF2OS/c1-15-5-4-8(14)9-7(12)3-2-6(11)10(9)13/h2-3,8,14H,4-5H2,1H3. The van der Waals surface area contributed by atoms with Crippen molar-refractivity contribution in [3.8, 4) is 0 Å². The van der Waals surface area contributed by atoms with E-state index < -0.39 is 17.7 Å². The van der Waals surface area contributed by atoms with Gasteiger partial charge in [0.2, 0.25) is 0 Å². The Hall–Kier alpha value is -0.130. The van der Waals surface area contributed by atoms with Gasteiger partial charge in [-0.3, -0.25) is 0 Å². The Morgan fingerprint density at radius 2 is 2.13 bits per heavy atom. The lowest BCUT2D eigenvalue weighted by Crippen LogP contribution is -2.05. The van der Waals surface area contributed by atoms with Crippen LogP contribution >= 0.6 is 27.7 Å². The molecule has 0 aliphatic carbocycles. The van der Waals surface area contributed by atoms with E-state index in [0.717, 1.165) is 6.07 Å². The zero-order chi connectivity index (χ0) is 11.4. The van der Waals surface area contributed by atoms with E-state index in [0.29, 0.717) is 12.2 Å². The second-order valence-corrected chi connectivity index (χ2v) is 4.89. The van der Waals surface area contributed by atoms with Crippen molar-refractivity contribution in [2.24, 2.45) is 0 Å². The van der Waals surface area contributed by atoms with Gasteiger partial charge in [0.05, 0.1) is 16.1 Å². The third-order valence-corrected chi connectivity index (χ3v) is 3.26. The average Bonchev–Trinajstić information content (AvgIpc) is 2.21. The molecule has 0 saturated carbocycles. The second kappa shape index (κ2) is 5.82. The van der Waals surface area contributed by atoms with Crippen LogP contribution in [0.2, 0.25) is 0 Å². The molecule has 0 radical (unpaired) electrons. The second-order valence-electron chi connectivity index (χ2n) is 3.05. The van der Waals surface area contributed by atoms with Gasteiger partial charge in [-0.15, -0.1) is 0 Å². The van der Waals surface area contributed by atoms with Gasteiger partial charge in [0.1, 0.15) is 11.6 Å². The predicted molar refractivity (Wildman–Crippen MR) is 62.0 cm³/mol. The number of aliphatic hydroxyl groups is 1. The van der Waals surface area contributed by atoms with Crippen molar-refractivity contribution in [3.05, 3.63) is 33.8 Å². The molecule has 0 spiro atoms. The summed E-state index contributed by atoms with van der Waals surface area (Å²) in [6.07, 6.45) is 1.13. The van der Waals surface area contributed by atoms with Crippen molar-refractivity contribution in [1.29, 1.82) is 0 Å². The molecule has 1 unspecified atom stereocenters. The number of benzene rings is 1.